The van der Waals surface area contributed by atoms with Crippen molar-refractivity contribution in [1.82, 2.24) is 5.32 Å². The summed E-state index contributed by atoms with van der Waals surface area (Å²) in [6.07, 6.45) is 2.94. The van der Waals surface area contributed by atoms with Crippen molar-refractivity contribution in [3.8, 4) is 0 Å². The highest BCUT2D eigenvalue weighted by Crippen LogP contribution is 2.26. The van der Waals surface area contributed by atoms with E-state index in [2.05, 4.69) is 26.1 Å². The lowest BCUT2D eigenvalue weighted by molar-refractivity contribution is 0.525. The molecule has 0 saturated heterocycles. The fraction of sp³-hybridized carbons (Fsp3) is 0.667. The van der Waals surface area contributed by atoms with Crippen LogP contribution < -0.4 is 5.32 Å². The number of aryl methyl sites for hydroxylation is 1. The topological polar surface area (TPSA) is 25.2 Å². The standard InChI is InChI=1S/C12H21NOS/c1-5-9(2)13-8-10(3)15-12-6-7-14-11(12)4/h6-7,9-10,13H,5,8H2,1-4H3. The molecule has 0 amide bonds. The Morgan fingerprint density at radius 2 is 2.20 bits per heavy atom. The number of nitrogens with one attached hydrogen (secondary N) is 1. The predicted molar refractivity (Wildman–Crippen MR) is 66.5 cm³/mol. The molecule has 0 spiro atoms. The Labute approximate surface area is 96.8 Å². The zero-order valence-corrected chi connectivity index (χ0v) is 10.9. The Morgan fingerprint density at radius 1 is 1.47 bits per heavy atom. The third kappa shape index (κ3) is 4.31. The van der Waals surface area contributed by atoms with Crippen molar-refractivity contribution in [2.75, 3.05) is 6.54 Å². The van der Waals surface area contributed by atoms with Crippen LogP contribution in [0.5, 0.6) is 0 Å². The molecule has 1 aromatic heterocycles. The van der Waals surface area contributed by atoms with Crippen molar-refractivity contribution in [2.24, 2.45) is 0 Å². The van der Waals surface area contributed by atoms with Crippen molar-refractivity contribution in [1.29, 1.82) is 0 Å². The highest BCUT2D eigenvalue weighted by Gasteiger charge is 2.09. The maximum absolute atomic E-state index is 5.27. The Hall–Kier alpha value is -0.410. The quantitative estimate of drug-likeness (QED) is 0.753. The molecule has 2 nitrogen and oxygen atoms in total. The average Bonchev–Trinajstić information content (AvgIpc) is 2.61. The molecule has 1 heterocycles. The zero-order chi connectivity index (χ0) is 11.3. The van der Waals surface area contributed by atoms with E-state index in [0.29, 0.717) is 11.3 Å². The molecule has 0 aliphatic carbocycles. The largest absolute Gasteiger partial charge is 0.468 e. The monoisotopic (exact) mass is 227 g/mol. The summed E-state index contributed by atoms with van der Waals surface area (Å²) in [5.41, 5.74) is 0. The van der Waals surface area contributed by atoms with Crippen LogP contribution in [0.3, 0.4) is 0 Å². The van der Waals surface area contributed by atoms with Gasteiger partial charge in [-0.2, -0.15) is 0 Å². The number of furan rings is 1. The van der Waals surface area contributed by atoms with E-state index in [1.165, 1.54) is 11.3 Å². The Balaban J connectivity index is 2.30. The summed E-state index contributed by atoms with van der Waals surface area (Å²) in [5.74, 6) is 1.02. The molecule has 3 heteroatoms. The summed E-state index contributed by atoms with van der Waals surface area (Å²) < 4.78 is 5.27. The fourth-order valence-corrected chi connectivity index (χ4v) is 2.23. The molecule has 0 aliphatic rings. The second kappa shape index (κ2) is 6.23. The van der Waals surface area contributed by atoms with Crippen LogP contribution in [0, 0.1) is 6.92 Å². The van der Waals surface area contributed by atoms with E-state index >= 15 is 0 Å². The minimum absolute atomic E-state index is 0.579. The lowest BCUT2D eigenvalue weighted by atomic mass is 10.2. The summed E-state index contributed by atoms with van der Waals surface area (Å²) in [4.78, 5) is 1.26. The molecule has 0 aliphatic heterocycles. The highest BCUT2D eigenvalue weighted by molar-refractivity contribution is 8.00. The maximum Gasteiger partial charge on any atom is 0.114 e. The van der Waals surface area contributed by atoms with Crippen LogP contribution in [0.2, 0.25) is 0 Å². The van der Waals surface area contributed by atoms with E-state index in [0.717, 1.165) is 12.3 Å². The van der Waals surface area contributed by atoms with Gasteiger partial charge in [0.25, 0.3) is 0 Å². The number of hydrogen-bond donors (Lipinski definition) is 1. The van der Waals surface area contributed by atoms with E-state index in [4.69, 9.17) is 4.42 Å². The first-order valence-electron chi connectivity index (χ1n) is 5.57. The molecule has 2 unspecified atom stereocenters. The second-order valence-electron chi connectivity index (χ2n) is 3.99. The van der Waals surface area contributed by atoms with Crippen molar-refractivity contribution >= 4 is 11.8 Å². The summed E-state index contributed by atoms with van der Waals surface area (Å²) in [6.45, 7) is 9.73. The zero-order valence-electron chi connectivity index (χ0n) is 10.0. The molecule has 0 radical (unpaired) electrons. The molecular formula is C12H21NOS. The third-order valence-electron chi connectivity index (χ3n) is 2.51. The van der Waals surface area contributed by atoms with Gasteiger partial charge in [-0.3, -0.25) is 0 Å². The van der Waals surface area contributed by atoms with Gasteiger partial charge in [-0.25, -0.2) is 0 Å². The normalized spacial score (nSPS) is 15.2. The molecule has 1 N–H and O–H groups in total. The van der Waals surface area contributed by atoms with Crippen molar-refractivity contribution < 1.29 is 4.42 Å². The number of thioether (sulfide) groups is 1. The Kier molecular flexibility index (Phi) is 5.26. The van der Waals surface area contributed by atoms with Crippen molar-refractivity contribution in [3.63, 3.8) is 0 Å². The van der Waals surface area contributed by atoms with Gasteiger partial charge in [-0.05, 0) is 26.3 Å². The van der Waals surface area contributed by atoms with Gasteiger partial charge in [-0.1, -0.05) is 13.8 Å². The minimum Gasteiger partial charge on any atom is -0.468 e. The van der Waals surface area contributed by atoms with Crippen LogP contribution in [0.25, 0.3) is 0 Å². The first kappa shape index (κ1) is 12.7. The molecule has 0 saturated carbocycles. The van der Waals surface area contributed by atoms with Gasteiger partial charge in [-0.15, -0.1) is 11.8 Å². The minimum atomic E-state index is 0.579. The Morgan fingerprint density at radius 3 is 2.73 bits per heavy atom. The van der Waals surface area contributed by atoms with Crippen LogP contribution in [0.15, 0.2) is 21.6 Å². The van der Waals surface area contributed by atoms with E-state index in [-0.39, 0.29) is 0 Å². The van der Waals surface area contributed by atoms with Crippen LogP contribution in [0.1, 0.15) is 33.0 Å². The molecule has 1 rings (SSSR count). The van der Waals surface area contributed by atoms with Crippen molar-refractivity contribution in [3.05, 3.63) is 18.1 Å². The molecule has 0 fully saturated rings. The number of hydrogen-bond acceptors (Lipinski definition) is 3. The van der Waals surface area contributed by atoms with E-state index in [9.17, 15) is 0 Å². The van der Waals surface area contributed by atoms with Crippen LogP contribution in [-0.4, -0.2) is 17.8 Å². The van der Waals surface area contributed by atoms with E-state index in [1.807, 2.05) is 24.8 Å². The predicted octanol–water partition coefficient (Wildman–Crippen LogP) is 3.46. The van der Waals surface area contributed by atoms with Gasteiger partial charge in [0.1, 0.15) is 5.76 Å². The maximum atomic E-state index is 5.27. The van der Waals surface area contributed by atoms with Gasteiger partial charge in [0.05, 0.1) is 6.26 Å². The number of rotatable bonds is 6. The van der Waals surface area contributed by atoms with Gasteiger partial charge in [0.2, 0.25) is 0 Å². The smallest absolute Gasteiger partial charge is 0.114 e. The van der Waals surface area contributed by atoms with Gasteiger partial charge < -0.3 is 9.73 Å². The molecule has 0 aromatic carbocycles. The fourth-order valence-electron chi connectivity index (χ4n) is 1.27. The average molecular weight is 227 g/mol. The van der Waals surface area contributed by atoms with Gasteiger partial charge in [0.15, 0.2) is 0 Å². The lowest BCUT2D eigenvalue weighted by Gasteiger charge is -2.15. The third-order valence-corrected chi connectivity index (χ3v) is 3.75. The second-order valence-corrected chi connectivity index (χ2v) is 5.47. The molecular weight excluding hydrogens is 206 g/mol. The summed E-state index contributed by atoms with van der Waals surface area (Å²) >= 11 is 1.87. The van der Waals surface area contributed by atoms with Crippen LogP contribution in [0.4, 0.5) is 0 Å². The van der Waals surface area contributed by atoms with Crippen molar-refractivity contribution in [2.45, 2.75) is 50.3 Å². The van der Waals surface area contributed by atoms with Crippen LogP contribution in [-0.2, 0) is 0 Å². The molecule has 86 valence electrons. The molecule has 2 atom stereocenters. The Bertz CT molecular complexity index is 285. The summed E-state index contributed by atoms with van der Waals surface area (Å²) in [7, 11) is 0. The van der Waals surface area contributed by atoms with Gasteiger partial charge in [0, 0.05) is 22.7 Å². The highest BCUT2D eigenvalue weighted by atomic mass is 32.2. The summed E-state index contributed by atoms with van der Waals surface area (Å²) in [6, 6.07) is 2.65. The SMILES string of the molecule is CCC(C)NCC(C)Sc1ccoc1C. The first-order chi connectivity index (χ1) is 7.13. The lowest BCUT2D eigenvalue weighted by Crippen LogP contribution is -2.30. The van der Waals surface area contributed by atoms with Crippen LogP contribution >= 0.6 is 11.8 Å². The first-order valence-corrected chi connectivity index (χ1v) is 6.45. The van der Waals surface area contributed by atoms with E-state index in [1.54, 1.807) is 6.26 Å². The molecule has 0 bridgehead atoms. The van der Waals surface area contributed by atoms with E-state index < -0.39 is 0 Å². The molecule has 15 heavy (non-hydrogen) atoms. The summed E-state index contributed by atoms with van der Waals surface area (Å²) in [5, 5.41) is 4.09. The van der Waals surface area contributed by atoms with Gasteiger partial charge >= 0.3 is 0 Å². The molecule has 1 aromatic rings.